The SMILES string of the molecule is COC1CCCN(S(=O)(=O)c2cnc3n2C(C)(Cc2ccc(Br)cc2)C(=O)N3c2cc(Cl)cc(Cl)c2)C1. The molecule has 0 bridgehead atoms. The van der Waals surface area contributed by atoms with Crippen molar-refractivity contribution in [1.29, 1.82) is 0 Å². The summed E-state index contributed by atoms with van der Waals surface area (Å²) in [6.45, 7) is 2.35. The van der Waals surface area contributed by atoms with Crippen LogP contribution < -0.4 is 4.90 Å². The van der Waals surface area contributed by atoms with E-state index in [-0.39, 0.29) is 36.0 Å². The Morgan fingerprint density at radius 3 is 2.49 bits per heavy atom. The Morgan fingerprint density at radius 2 is 1.84 bits per heavy atom. The zero-order chi connectivity index (χ0) is 26.5. The number of hydrogen-bond acceptors (Lipinski definition) is 5. The van der Waals surface area contributed by atoms with Crippen molar-refractivity contribution in [3.05, 3.63) is 68.7 Å². The molecule has 8 nitrogen and oxygen atoms in total. The van der Waals surface area contributed by atoms with Gasteiger partial charge in [0.05, 0.1) is 18.0 Å². The number of ether oxygens (including phenoxy) is 1. The van der Waals surface area contributed by atoms with E-state index >= 15 is 0 Å². The molecule has 0 aliphatic carbocycles. The van der Waals surface area contributed by atoms with E-state index in [0.29, 0.717) is 28.7 Å². The maximum Gasteiger partial charge on any atom is 0.260 e. The zero-order valence-corrected chi connectivity index (χ0v) is 24.1. The van der Waals surface area contributed by atoms with E-state index in [0.717, 1.165) is 16.5 Å². The fraction of sp³-hybridized carbons (Fsp3) is 0.360. The van der Waals surface area contributed by atoms with Crippen LogP contribution >= 0.6 is 39.1 Å². The molecule has 1 amide bonds. The number of benzene rings is 2. The molecule has 3 heterocycles. The molecule has 37 heavy (non-hydrogen) atoms. The van der Waals surface area contributed by atoms with Gasteiger partial charge in [0.2, 0.25) is 5.95 Å². The van der Waals surface area contributed by atoms with Crippen LogP contribution in [0.1, 0.15) is 25.3 Å². The first-order valence-corrected chi connectivity index (χ1v) is 14.7. The lowest BCUT2D eigenvalue weighted by Crippen LogP contribution is -2.46. The van der Waals surface area contributed by atoms with Crippen LogP contribution in [-0.2, 0) is 31.5 Å². The lowest BCUT2D eigenvalue weighted by atomic mass is 9.92. The quantitative estimate of drug-likeness (QED) is 0.366. The molecule has 12 heteroatoms. The number of carbonyl (C=O) groups excluding carboxylic acids is 1. The maximum absolute atomic E-state index is 14.1. The van der Waals surface area contributed by atoms with Gasteiger partial charge in [-0.2, -0.15) is 4.31 Å². The van der Waals surface area contributed by atoms with Gasteiger partial charge in [-0.1, -0.05) is 51.3 Å². The number of imidazole rings is 1. The van der Waals surface area contributed by atoms with Gasteiger partial charge in [-0.15, -0.1) is 0 Å². The number of rotatable bonds is 6. The molecule has 2 atom stereocenters. The first-order chi connectivity index (χ1) is 17.5. The molecule has 1 aromatic heterocycles. The van der Waals surface area contributed by atoms with Gasteiger partial charge in [-0.25, -0.2) is 18.3 Å². The highest BCUT2D eigenvalue weighted by Gasteiger charge is 2.52. The third kappa shape index (κ3) is 4.72. The lowest BCUT2D eigenvalue weighted by molar-refractivity contribution is -0.124. The van der Waals surface area contributed by atoms with Crippen LogP contribution in [0.2, 0.25) is 10.0 Å². The third-order valence-corrected chi connectivity index (χ3v) is 9.71. The van der Waals surface area contributed by atoms with E-state index in [9.17, 15) is 13.2 Å². The predicted molar refractivity (Wildman–Crippen MR) is 146 cm³/mol. The summed E-state index contributed by atoms with van der Waals surface area (Å²) in [5.74, 6) is -0.136. The molecule has 1 fully saturated rings. The lowest BCUT2D eigenvalue weighted by Gasteiger charge is -2.32. The van der Waals surface area contributed by atoms with Crippen molar-refractivity contribution in [3.8, 4) is 0 Å². The molecule has 2 aliphatic heterocycles. The van der Waals surface area contributed by atoms with Crippen molar-refractivity contribution >= 4 is 66.7 Å². The molecular weight excluding hydrogens is 603 g/mol. The number of sulfonamides is 1. The second-order valence-corrected chi connectivity index (χ2v) is 13.1. The van der Waals surface area contributed by atoms with E-state index in [1.807, 2.05) is 24.3 Å². The minimum absolute atomic E-state index is 0.0390. The molecule has 0 N–H and O–H groups in total. The molecule has 1 saturated heterocycles. The highest BCUT2D eigenvalue weighted by atomic mass is 79.9. The summed E-state index contributed by atoms with van der Waals surface area (Å²) in [5.41, 5.74) is -0.00600. The van der Waals surface area contributed by atoms with E-state index in [1.54, 1.807) is 32.2 Å². The Bertz CT molecular complexity index is 1440. The highest BCUT2D eigenvalue weighted by Crippen LogP contribution is 2.45. The number of nitrogens with zero attached hydrogens (tertiary/aromatic N) is 4. The van der Waals surface area contributed by atoms with Crippen molar-refractivity contribution in [1.82, 2.24) is 13.9 Å². The van der Waals surface area contributed by atoms with Crippen LogP contribution in [-0.4, -0.2) is 54.5 Å². The summed E-state index contributed by atoms with van der Waals surface area (Å²) in [6, 6.07) is 12.4. The largest absolute Gasteiger partial charge is 0.380 e. The molecule has 0 saturated carbocycles. The summed E-state index contributed by atoms with van der Waals surface area (Å²) in [5, 5.41) is 0.659. The van der Waals surface area contributed by atoms with Gasteiger partial charge in [-0.3, -0.25) is 9.36 Å². The van der Waals surface area contributed by atoms with Gasteiger partial charge in [0.1, 0.15) is 5.54 Å². The van der Waals surface area contributed by atoms with Crippen molar-refractivity contribution < 1.29 is 17.9 Å². The van der Waals surface area contributed by atoms with E-state index in [4.69, 9.17) is 27.9 Å². The fourth-order valence-electron chi connectivity index (χ4n) is 5.06. The Morgan fingerprint density at radius 1 is 1.16 bits per heavy atom. The topological polar surface area (TPSA) is 84.7 Å². The summed E-state index contributed by atoms with van der Waals surface area (Å²) < 4.78 is 37.2. The predicted octanol–water partition coefficient (Wildman–Crippen LogP) is 5.39. The smallest absolute Gasteiger partial charge is 0.260 e. The molecule has 2 unspecified atom stereocenters. The van der Waals surface area contributed by atoms with Crippen molar-refractivity contribution in [2.45, 2.75) is 42.9 Å². The Balaban J connectivity index is 1.66. The summed E-state index contributed by atoms with van der Waals surface area (Å²) in [4.78, 5) is 20.0. The van der Waals surface area contributed by atoms with Crippen LogP contribution in [0.3, 0.4) is 0 Å². The Kier molecular flexibility index (Phi) is 7.19. The number of methoxy groups -OCH3 is 1. The van der Waals surface area contributed by atoms with Gasteiger partial charge >= 0.3 is 0 Å². The number of amides is 1. The van der Waals surface area contributed by atoms with Gasteiger partial charge in [0.15, 0.2) is 5.03 Å². The van der Waals surface area contributed by atoms with Gasteiger partial charge < -0.3 is 4.74 Å². The van der Waals surface area contributed by atoms with Crippen molar-refractivity contribution in [2.24, 2.45) is 0 Å². The molecule has 3 aromatic rings. The van der Waals surface area contributed by atoms with E-state index < -0.39 is 15.6 Å². The van der Waals surface area contributed by atoms with E-state index in [2.05, 4.69) is 20.9 Å². The monoisotopic (exact) mass is 626 g/mol. The number of anilines is 2. The van der Waals surface area contributed by atoms with Crippen LogP contribution in [0.4, 0.5) is 11.6 Å². The number of hydrogen-bond donors (Lipinski definition) is 0. The zero-order valence-electron chi connectivity index (χ0n) is 20.2. The second kappa shape index (κ2) is 9.98. The summed E-state index contributed by atoms with van der Waals surface area (Å²) in [6.07, 6.45) is 2.85. The Hall–Kier alpha value is -1.95. The Labute approximate surface area is 234 Å². The number of aromatic nitrogens is 2. The van der Waals surface area contributed by atoms with Gasteiger partial charge in [0, 0.05) is 41.1 Å². The molecule has 2 aliphatic rings. The normalized spacial score (nSPS) is 22.5. The number of carbonyl (C=O) groups is 1. The van der Waals surface area contributed by atoms with Crippen molar-refractivity contribution in [3.63, 3.8) is 0 Å². The molecule has 2 aromatic carbocycles. The van der Waals surface area contributed by atoms with E-state index in [1.165, 1.54) is 20.0 Å². The standard InChI is InChI=1S/C25H25BrCl2N4O4S/c1-25(13-16-5-7-17(26)8-6-16)23(33)31(20-11-18(27)10-19(28)12-20)24-29-14-22(32(24)25)37(34,35)30-9-3-4-21(15-30)36-2/h5-8,10-12,14,21H,3-4,9,13,15H2,1-2H3. The first kappa shape index (κ1) is 26.6. The summed E-state index contributed by atoms with van der Waals surface area (Å²) in [7, 11) is -2.40. The minimum Gasteiger partial charge on any atom is -0.380 e. The molecule has 196 valence electrons. The molecule has 5 rings (SSSR count). The summed E-state index contributed by atoms with van der Waals surface area (Å²) >= 11 is 16.0. The first-order valence-electron chi connectivity index (χ1n) is 11.7. The highest BCUT2D eigenvalue weighted by molar-refractivity contribution is 9.10. The van der Waals surface area contributed by atoms with Crippen LogP contribution in [0.15, 0.2) is 58.2 Å². The van der Waals surface area contributed by atoms with Crippen molar-refractivity contribution in [2.75, 3.05) is 25.1 Å². The van der Waals surface area contributed by atoms with Crippen LogP contribution in [0.5, 0.6) is 0 Å². The number of halogens is 3. The number of fused-ring (bicyclic) bond motifs is 1. The maximum atomic E-state index is 14.1. The number of piperidine rings is 1. The third-order valence-electron chi connectivity index (χ3n) is 6.91. The average molecular weight is 628 g/mol. The molecular formula is C25H25BrCl2N4O4S. The fourth-order valence-corrected chi connectivity index (χ4v) is 7.54. The van der Waals surface area contributed by atoms with Gasteiger partial charge in [0.25, 0.3) is 15.9 Å². The van der Waals surface area contributed by atoms with Gasteiger partial charge in [-0.05, 0) is 55.7 Å². The second-order valence-electron chi connectivity index (χ2n) is 9.44. The average Bonchev–Trinajstić information content (AvgIpc) is 3.38. The van der Waals surface area contributed by atoms with Crippen LogP contribution in [0, 0.1) is 0 Å². The minimum atomic E-state index is -3.99. The van der Waals surface area contributed by atoms with Crippen LogP contribution in [0.25, 0.3) is 0 Å². The molecule has 0 radical (unpaired) electrons. The molecule has 0 spiro atoms.